The Morgan fingerprint density at radius 1 is 1.20 bits per heavy atom. The van der Waals surface area contributed by atoms with Crippen LogP contribution in [0.25, 0.3) is 0 Å². The van der Waals surface area contributed by atoms with E-state index in [1.807, 2.05) is 14.1 Å². The highest BCUT2D eigenvalue weighted by molar-refractivity contribution is 6.58. The van der Waals surface area contributed by atoms with E-state index in [-0.39, 0.29) is 20.1 Å². The molecule has 84 valence electrons. The Morgan fingerprint density at radius 3 is 2.20 bits per heavy atom. The van der Waals surface area contributed by atoms with E-state index in [9.17, 15) is 0 Å². The number of hydrogen-bond acceptors (Lipinski definition) is 1. The summed E-state index contributed by atoms with van der Waals surface area (Å²) < 4.78 is 0. The summed E-state index contributed by atoms with van der Waals surface area (Å²) in [5.41, 5.74) is 0.115. The van der Waals surface area contributed by atoms with Gasteiger partial charge in [0.05, 0.1) is 15.0 Å². The number of hydrogen-bond donors (Lipinski definition) is 0. The van der Waals surface area contributed by atoms with Crippen molar-refractivity contribution in [3.8, 4) is 0 Å². The fourth-order valence-electron chi connectivity index (χ4n) is 1.91. The van der Waals surface area contributed by atoms with Crippen LogP contribution in [0.2, 0.25) is 5.04 Å². The van der Waals surface area contributed by atoms with Crippen LogP contribution in [-0.4, -0.2) is 34.0 Å². The number of benzene rings is 1. The molecule has 0 amide bonds. The number of rotatable bonds is 4. The van der Waals surface area contributed by atoms with Crippen LogP contribution < -0.4 is 5.19 Å². The van der Waals surface area contributed by atoms with E-state index in [0.717, 1.165) is 0 Å². The molecular weight excluding hydrogens is 222 g/mol. The molecule has 1 unspecified atom stereocenters. The van der Waals surface area contributed by atoms with Gasteiger partial charge in [-0.2, -0.15) is 0 Å². The summed E-state index contributed by atoms with van der Waals surface area (Å²) in [5.74, 6) is 0. The summed E-state index contributed by atoms with van der Waals surface area (Å²) in [6.45, 7) is 4.54. The predicted octanol–water partition coefficient (Wildman–Crippen LogP) is 1.81. The molecule has 1 nitrogen and oxygen atoms in total. The van der Waals surface area contributed by atoms with Crippen molar-refractivity contribution < 1.29 is 0 Å². The van der Waals surface area contributed by atoms with Crippen molar-refractivity contribution in [1.29, 1.82) is 0 Å². The molecule has 0 radical (unpaired) electrons. The maximum absolute atomic E-state index is 6.42. The highest BCUT2D eigenvalue weighted by Crippen LogP contribution is 2.32. The molecule has 0 N–H and O–H groups in total. The molecule has 0 heterocycles. The van der Waals surface area contributed by atoms with Gasteiger partial charge in [-0.05, 0) is 19.1 Å². The van der Waals surface area contributed by atoms with E-state index < -0.39 is 0 Å². The van der Waals surface area contributed by atoms with E-state index >= 15 is 0 Å². The average Bonchev–Trinajstić information content (AvgIpc) is 2.17. The standard InChI is InChI=1S/C12H20ClNSi/c1-12(2,11(13)14(3)4)15-10-8-6-5-7-9-10/h5-9,11H,15H2,1-4H3. The topological polar surface area (TPSA) is 3.24 Å². The van der Waals surface area contributed by atoms with Gasteiger partial charge in [0.15, 0.2) is 0 Å². The largest absolute Gasteiger partial charge is 0.293 e. The quantitative estimate of drug-likeness (QED) is 0.442. The van der Waals surface area contributed by atoms with Crippen molar-refractivity contribution in [2.45, 2.75) is 24.4 Å². The van der Waals surface area contributed by atoms with Gasteiger partial charge in [0.2, 0.25) is 0 Å². The van der Waals surface area contributed by atoms with E-state index in [0.29, 0.717) is 0 Å². The van der Waals surface area contributed by atoms with E-state index in [2.05, 4.69) is 49.1 Å². The highest BCUT2D eigenvalue weighted by Gasteiger charge is 2.29. The molecule has 0 fully saturated rings. The second-order valence-corrected chi connectivity index (χ2v) is 8.36. The van der Waals surface area contributed by atoms with E-state index in [1.54, 1.807) is 0 Å². The Labute approximate surface area is 100 Å². The molecule has 1 aromatic rings. The van der Waals surface area contributed by atoms with Gasteiger partial charge in [-0.3, -0.25) is 4.90 Å². The first kappa shape index (κ1) is 12.8. The molecule has 0 saturated heterocycles. The zero-order valence-corrected chi connectivity index (χ0v) is 12.2. The molecule has 0 aliphatic carbocycles. The lowest BCUT2D eigenvalue weighted by Gasteiger charge is -2.34. The second-order valence-electron chi connectivity index (χ2n) is 4.95. The molecule has 0 aromatic heterocycles. The van der Waals surface area contributed by atoms with Crippen LogP contribution in [0.4, 0.5) is 0 Å². The van der Waals surface area contributed by atoms with Crippen LogP contribution >= 0.6 is 11.6 Å². The van der Waals surface area contributed by atoms with Crippen molar-refractivity contribution in [3.63, 3.8) is 0 Å². The molecule has 1 rings (SSSR count). The number of halogens is 1. The molecule has 1 atom stereocenters. The SMILES string of the molecule is CN(C)C(Cl)C(C)(C)[SiH2]c1ccccc1. The zero-order chi connectivity index (χ0) is 11.5. The number of alkyl halides is 1. The first-order valence-electron chi connectivity index (χ1n) is 5.28. The molecular formula is C12H20ClNSi. The normalized spacial score (nSPS) is 15.1. The molecule has 15 heavy (non-hydrogen) atoms. The third-order valence-electron chi connectivity index (χ3n) is 2.60. The summed E-state index contributed by atoms with van der Waals surface area (Å²) in [4.78, 5) is 2.09. The van der Waals surface area contributed by atoms with Gasteiger partial charge < -0.3 is 0 Å². The van der Waals surface area contributed by atoms with E-state index in [1.165, 1.54) is 5.19 Å². The summed E-state index contributed by atoms with van der Waals surface area (Å²) in [5, 5.41) is 1.70. The molecule has 0 aliphatic rings. The Bertz CT molecular complexity index is 298. The second kappa shape index (κ2) is 5.15. The smallest absolute Gasteiger partial charge is 0.0871 e. The van der Waals surface area contributed by atoms with Crippen LogP contribution in [0, 0.1) is 0 Å². The van der Waals surface area contributed by atoms with Crippen molar-refractivity contribution >= 4 is 26.3 Å². The van der Waals surface area contributed by atoms with Gasteiger partial charge in [0.25, 0.3) is 0 Å². The van der Waals surface area contributed by atoms with Crippen LogP contribution in [-0.2, 0) is 0 Å². The molecule has 0 bridgehead atoms. The average molecular weight is 242 g/mol. The lowest BCUT2D eigenvalue weighted by atomic mass is 10.2. The molecule has 0 spiro atoms. The van der Waals surface area contributed by atoms with Crippen LogP contribution in [0.3, 0.4) is 0 Å². The number of nitrogens with zero attached hydrogens (tertiary/aromatic N) is 1. The first-order valence-corrected chi connectivity index (χ1v) is 7.13. The minimum absolute atomic E-state index is 0.115. The predicted molar refractivity (Wildman–Crippen MR) is 72.0 cm³/mol. The fourth-order valence-corrected chi connectivity index (χ4v) is 4.23. The van der Waals surface area contributed by atoms with Gasteiger partial charge in [0.1, 0.15) is 0 Å². The van der Waals surface area contributed by atoms with Crippen molar-refractivity contribution in [3.05, 3.63) is 30.3 Å². The lowest BCUT2D eigenvalue weighted by molar-refractivity contribution is 0.322. The Balaban J connectivity index is 2.72. The van der Waals surface area contributed by atoms with Crippen LogP contribution in [0.5, 0.6) is 0 Å². The van der Waals surface area contributed by atoms with Gasteiger partial charge >= 0.3 is 0 Å². The third kappa shape index (κ3) is 3.63. The Hall–Kier alpha value is -0.313. The molecule has 0 saturated carbocycles. The summed E-state index contributed by atoms with van der Waals surface area (Å²) in [6, 6.07) is 10.7. The minimum Gasteiger partial charge on any atom is -0.293 e. The molecule has 0 aliphatic heterocycles. The summed E-state index contributed by atoms with van der Waals surface area (Å²) in [7, 11) is 3.73. The van der Waals surface area contributed by atoms with Gasteiger partial charge in [0, 0.05) is 0 Å². The molecule has 3 heteroatoms. The highest BCUT2D eigenvalue weighted by atomic mass is 35.5. The van der Waals surface area contributed by atoms with Crippen molar-refractivity contribution in [2.75, 3.05) is 14.1 Å². The maximum Gasteiger partial charge on any atom is 0.0871 e. The van der Waals surface area contributed by atoms with Crippen molar-refractivity contribution in [1.82, 2.24) is 4.90 Å². The van der Waals surface area contributed by atoms with Crippen LogP contribution in [0.1, 0.15) is 13.8 Å². The maximum atomic E-state index is 6.42. The summed E-state index contributed by atoms with van der Waals surface area (Å²) >= 11 is 6.42. The molecule has 1 aromatic carbocycles. The minimum atomic E-state index is -0.347. The monoisotopic (exact) mass is 241 g/mol. The van der Waals surface area contributed by atoms with Crippen LogP contribution in [0.15, 0.2) is 30.3 Å². The van der Waals surface area contributed by atoms with Gasteiger partial charge in [-0.1, -0.05) is 49.4 Å². The summed E-state index contributed by atoms with van der Waals surface area (Å²) in [6.07, 6.45) is 0. The van der Waals surface area contributed by atoms with Crippen molar-refractivity contribution in [2.24, 2.45) is 0 Å². The third-order valence-corrected chi connectivity index (χ3v) is 6.02. The Kier molecular flexibility index (Phi) is 4.38. The zero-order valence-electron chi connectivity index (χ0n) is 10.00. The first-order chi connectivity index (χ1) is 6.93. The van der Waals surface area contributed by atoms with Gasteiger partial charge in [-0.15, -0.1) is 11.6 Å². The van der Waals surface area contributed by atoms with E-state index in [4.69, 9.17) is 11.6 Å². The fraction of sp³-hybridized carbons (Fsp3) is 0.500. The lowest BCUT2D eigenvalue weighted by Crippen LogP contribution is -2.39. The van der Waals surface area contributed by atoms with Gasteiger partial charge in [-0.25, -0.2) is 0 Å². The Morgan fingerprint density at radius 2 is 1.73 bits per heavy atom.